The Morgan fingerprint density at radius 3 is 2.85 bits per heavy atom. The van der Waals surface area contributed by atoms with Gasteiger partial charge in [0.25, 0.3) is 0 Å². The molecule has 0 atom stereocenters. The molecular weight excluding hydrogens is 278 g/mol. The normalized spacial score (nSPS) is 16.6. The minimum atomic E-state index is -0.442. The lowest BCUT2D eigenvalue weighted by Crippen LogP contribution is -2.06. The molecule has 1 heterocycles. The highest BCUT2D eigenvalue weighted by Gasteiger charge is 2.23. The molecule has 1 aliphatic rings. The number of carbonyl (C=O) groups excluding carboxylic acids is 1. The first kappa shape index (κ1) is 14.6. The lowest BCUT2D eigenvalue weighted by atomic mass is 10.1. The van der Waals surface area contributed by atoms with E-state index in [-0.39, 0.29) is 5.70 Å². The Bertz CT molecular complexity index is 591. The molecule has 0 unspecified atom stereocenters. The van der Waals surface area contributed by atoms with Crippen molar-refractivity contribution in [2.75, 3.05) is 7.11 Å². The molecule has 0 N–H and O–H groups in total. The number of methoxy groups -OCH3 is 1. The number of aliphatic imine (C=N–C) groups is 1. The topological polar surface area (TPSA) is 47.9 Å². The quantitative estimate of drug-likeness (QED) is 0.628. The molecule has 4 nitrogen and oxygen atoms in total. The molecule has 0 aliphatic carbocycles. The van der Waals surface area contributed by atoms with Crippen molar-refractivity contribution in [3.8, 4) is 5.75 Å². The van der Waals surface area contributed by atoms with Crippen molar-refractivity contribution in [1.29, 1.82) is 0 Å². The van der Waals surface area contributed by atoms with E-state index in [9.17, 15) is 4.79 Å². The summed E-state index contributed by atoms with van der Waals surface area (Å²) in [5.74, 6) is 1.02. The number of cyclic esters (lactones) is 1. The lowest BCUT2D eigenvalue weighted by Gasteiger charge is -2.04. The summed E-state index contributed by atoms with van der Waals surface area (Å²) in [5.41, 5.74) is 0.961. The minimum absolute atomic E-state index is 0.265. The zero-order valence-electron chi connectivity index (χ0n) is 11.6. The van der Waals surface area contributed by atoms with E-state index in [2.05, 4.69) is 4.99 Å². The van der Waals surface area contributed by atoms with Crippen LogP contribution in [-0.2, 0) is 9.53 Å². The number of halogens is 1. The van der Waals surface area contributed by atoms with Crippen molar-refractivity contribution >= 4 is 29.5 Å². The molecule has 0 saturated heterocycles. The molecule has 2 rings (SSSR count). The van der Waals surface area contributed by atoms with Crippen LogP contribution < -0.4 is 4.74 Å². The van der Waals surface area contributed by atoms with Crippen LogP contribution >= 0.6 is 11.6 Å². The van der Waals surface area contributed by atoms with Gasteiger partial charge in [0.05, 0.1) is 7.11 Å². The third kappa shape index (κ3) is 3.39. The molecule has 0 spiro atoms. The van der Waals surface area contributed by atoms with Gasteiger partial charge < -0.3 is 9.47 Å². The van der Waals surface area contributed by atoms with Crippen LogP contribution in [0.25, 0.3) is 6.08 Å². The van der Waals surface area contributed by atoms with Crippen LogP contribution in [0.2, 0.25) is 5.02 Å². The summed E-state index contributed by atoms with van der Waals surface area (Å²) in [6.45, 7) is 4.08. The van der Waals surface area contributed by atoms with Gasteiger partial charge in [-0.05, 0) is 30.2 Å². The fraction of sp³-hybridized carbons (Fsp3) is 0.333. The largest absolute Gasteiger partial charge is 0.496 e. The highest BCUT2D eigenvalue weighted by molar-refractivity contribution is 6.30. The van der Waals surface area contributed by atoms with Gasteiger partial charge in [0.15, 0.2) is 11.6 Å². The van der Waals surface area contributed by atoms with Crippen LogP contribution in [0.4, 0.5) is 0 Å². The van der Waals surface area contributed by atoms with Gasteiger partial charge in [0.1, 0.15) is 5.75 Å². The average molecular weight is 294 g/mol. The first-order chi connectivity index (χ1) is 9.49. The van der Waals surface area contributed by atoms with Gasteiger partial charge in [0, 0.05) is 17.0 Å². The molecule has 0 saturated carbocycles. The number of ether oxygens (including phenoxy) is 2. The molecule has 5 heteroatoms. The summed E-state index contributed by atoms with van der Waals surface area (Å²) < 4.78 is 10.4. The van der Waals surface area contributed by atoms with E-state index in [1.54, 1.807) is 31.4 Å². The average Bonchev–Trinajstić information content (AvgIpc) is 2.69. The second kappa shape index (κ2) is 6.09. The van der Waals surface area contributed by atoms with E-state index in [1.807, 2.05) is 13.8 Å². The van der Waals surface area contributed by atoms with Crippen molar-refractivity contribution in [2.24, 2.45) is 10.9 Å². The molecular formula is C15H16ClNO3. The highest BCUT2D eigenvalue weighted by atomic mass is 35.5. The molecule has 0 radical (unpaired) electrons. The van der Waals surface area contributed by atoms with E-state index < -0.39 is 5.97 Å². The van der Waals surface area contributed by atoms with Crippen molar-refractivity contribution in [2.45, 2.75) is 20.3 Å². The summed E-state index contributed by atoms with van der Waals surface area (Å²) in [4.78, 5) is 16.0. The lowest BCUT2D eigenvalue weighted by molar-refractivity contribution is -0.130. The second-order valence-electron chi connectivity index (χ2n) is 4.91. The number of benzene rings is 1. The Balaban J connectivity index is 2.33. The van der Waals surface area contributed by atoms with Gasteiger partial charge in [-0.3, -0.25) is 0 Å². The summed E-state index contributed by atoms with van der Waals surface area (Å²) >= 11 is 5.96. The fourth-order valence-corrected chi connectivity index (χ4v) is 2.04. The Hall–Kier alpha value is -1.81. The van der Waals surface area contributed by atoms with Crippen LogP contribution in [-0.4, -0.2) is 19.0 Å². The maximum Gasteiger partial charge on any atom is 0.363 e. The fourth-order valence-electron chi connectivity index (χ4n) is 1.86. The zero-order chi connectivity index (χ0) is 14.7. The van der Waals surface area contributed by atoms with E-state index in [4.69, 9.17) is 21.1 Å². The van der Waals surface area contributed by atoms with Gasteiger partial charge >= 0.3 is 5.97 Å². The zero-order valence-corrected chi connectivity index (χ0v) is 12.4. The van der Waals surface area contributed by atoms with E-state index in [0.29, 0.717) is 34.6 Å². The summed E-state index contributed by atoms with van der Waals surface area (Å²) in [5, 5.41) is 0.565. The van der Waals surface area contributed by atoms with Crippen LogP contribution in [0.1, 0.15) is 25.8 Å². The Kier molecular flexibility index (Phi) is 4.45. The number of hydrogen-bond acceptors (Lipinski definition) is 4. The van der Waals surface area contributed by atoms with E-state index in [0.717, 1.165) is 0 Å². The molecule has 0 fully saturated rings. The molecule has 20 heavy (non-hydrogen) atoms. The van der Waals surface area contributed by atoms with Crippen molar-refractivity contribution in [1.82, 2.24) is 0 Å². The van der Waals surface area contributed by atoms with Gasteiger partial charge in [0.2, 0.25) is 0 Å². The Morgan fingerprint density at radius 2 is 2.20 bits per heavy atom. The van der Waals surface area contributed by atoms with E-state index in [1.165, 1.54) is 0 Å². The number of hydrogen-bond donors (Lipinski definition) is 0. The molecule has 1 aromatic rings. The highest BCUT2D eigenvalue weighted by Crippen LogP contribution is 2.27. The van der Waals surface area contributed by atoms with Crippen LogP contribution in [0.5, 0.6) is 5.75 Å². The van der Waals surface area contributed by atoms with Gasteiger partial charge in [-0.1, -0.05) is 25.4 Å². The van der Waals surface area contributed by atoms with Gasteiger partial charge in [-0.2, -0.15) is 0 Å². The van der Waals surface area contributed by atoms with Crippen molar-refractivity contribution in [3.63, 3.8) is 0 Å². The third-order valence-corrected chi connectivity index (χ3v) is 2.97. The van der Waals surface area contributed by atoms with Crippen LogP contribution in [0.15, 0.2) is 28.9 Å². The maximum absolute atomic E-state index is 11.8. The summed E-state index contributed by atoms with van der Waals surface area (Å²) in [6, 6.07) is 5.19. The summed E-state index contributed by atoms with van der Waals surface area (Å²) in [7, 11) is 1.56. The number of nitrogens with zero attached hydrogens (tertiary/aromatic N) is 1. The first-order valence-electron chi connectivity index (χ1n) is 6.34. The van der Waals surface area contributed by atoms with Gasteiger partial charge in [-0.25, -0.2) is 9.79 Å². The van der Waals surface area contributed by atoms with E-state index >= 15 is 0 Å². The molecule has 1 aliphatic heterocycles. The number of rotatable bonds is 4. The first-order valence-corrected chi connectivity index (χ1v) is 6.72. The Labute approximate surface area is 123 Å². The molecule has 0 aromatic heterocycles. The van der Waals surface area contributed by atoms with Crippen molar-refractivity contribution in [3.05, 3.63) is 34.5 Å². The monoisotopic (exact) mass is 293 g/mol. The van der Waals surface area contributed by atoms with Gasteiger partial charge in [-0.15, -0.1) is 0 Å². The number of carbonyl (C=O) groups is 1. The Morgan fingerprint density at radius 1 is 1.45 bits per heavy atom. The summed E-state index contributed by atoms with van der Waals surface area (Å²) in [6.07, 6.45) is 2.26. The second-order valence-corrected chi connectivity index (χ2v) is 5.35. The molecule has 0 bridgehead atoms. The van der Waals surface area contributed by atoms with Crippen molar-refractivity contribution < 1.29 is 14.3 Å². The third-order valence-electron chi connectivity index (χ3n) is 2.73. The van der Waals surface area contributed by atoms with Crippen LogP contribution in [0, 0.1) is 5.92 Å². The standard InChI is InChI=1S/C15H16ClNO3/c1-9(2)6-14-17-12(15(18)20-14)8-10-7-11(16)4-5-13(10)19-3/h4-5,7-9H,6H2,1-3H3/b12-8+. The predicted molar refractivity (Wildman–Crippen MR) is 79.0 cm³/mol. The SMILES string of the molecule is COc1ccc(Cl)cc1/C=C1/N=C(CC(C)C)OC1=O. The molecule has 106 valence electrons. The number of esters is 1. The van der Waals surface area contributed by atoms with Crippen LogP contribution in [0.3, 0.4) is 0 Å². The molecule has 1 aromatic carbocycles. The molecule has 0 amide bonds. The maximum atomic E-state index is 11.8. The predicted octanol–water partition coefficient (Wildman–Crippen LogP) is 3.69. The minimum Gasteiger partial charge on any atom is -0.496 e. The smallest absolute Gasteiger partial charge is 0.363 e.